The number of hydrogen-bond acceptors (Lipinski definition) is 3. The van der Waals surface area contributed by atoms with Crippen LogP contribution in [0.5, 0.6) is 0 Å². The first kappa shape index (κ1) is 15.0. The highest BCUT2D eigenvalue weighted by Crippen LogP contribution is 2.19. The van der Waals surface area contributed by atoms with Gasteiger partial charge in [0.15, 0.2) is 0 Å². The number of anilines is 1. The SMILES string of the molecule is Fc1ccc(N2CCC(OCCc3ccccc3)CC2)nc1. The maximum Gasteiger partial charge on any atom is 0.141 e. The van der Waals surface area contributed by atoms with Crippen molar-refractivity contribution in [3.05, 3.63) is 60.0 Å². The maximum atomic E-state index is 12.9. The van der Waals surface area contributed by atoms with Crippen LogP contribution in [0.2, 0.25) is 0 Å². The molecule has 22 heavy (non-hydrogen) atoms. The Labute approximate surface area is 130 Å². The van der Waals surface area contributed by atoms with Crippen LogP contribution >= 0.6 is 0 Å². The standard InChI is InChI=1S/C18H21FN2O/c19-16-6-7-18(20-14-16)21-11-8-17(9-12-21)22-13-10-15-4-2-1-3-5-15/h1-7,14,17H,8-13H2. The van der Waals surface area contributed by atoms with Crippen molar-refractivity contribution in [3.63, 3.8) is 0 Å². The number of benzene rings is 1. The lowest BCUT2D eigenvalue weighted by atomic mass is 10.1. The first-order chi connectivity index (χ1) is 10.8. The first-order valence-electron chi connectivity index (χ1n) is 7.83. The fraction of sp³-hybridized carbons (Fsp3) is 0.389. The van der Waals surface area contributed by atoms with Gasteiger partial charge in [-0.1, -0.05) is 30.3 Å². The molecule has 1 fully saturated rings. The third-order valence-electron chi connectivity index (χ3n) is 4.06. The largest absolute Gasteiger partial charge is 0.378 e. The summed E-state index contributed by atoms with van der Waals surface area (Å²) in [5, 5.41) is 0. The van der Waals surface area contributed by atoms with Crippen LogP contribution in [0.4, 0.5) is 10.2 Å². The van der Waals surface area contributed by atoms with Crippen LogP contribution in [-0.4, -0.2) is 30.8 Å². The minimum atomic E-state index is -0.289. The van der Waals surface area contributed by atoms with Gasteiger partial charge in [0.25, 0.3) is 0 Å². The fourth-order valence-electron chi connectivity index (χ4n) is 2.79. The predicted molar refractivity (Wildman–Crippen MR) is 85.5 cm³/mol. The molecule has 2 heterocycles. The van der Waals surface area contributed by atoms with Gasteiger partial charge in [0.1, 0.15) is 11.6 Å². The van der Waals surface area contributed by atoms with E-state index in [1.807, 2.05) is 6.07 Å². The number of rotatable bonds is 5. The van der Waals surface area contributed by atoms with Crippen molar-refractivity contribution in [1.29, 1.82) is 0 Å². The number of piperidine rings is 1. The summed E-state index contributed by atoms with van der Waals surface area (Å²) in [7, 11) is 0. The van der Waals surface area contributed by atoms with E-state index in [0.29, 0.717) is 6.10 Å². The van der Waals surface area contributed by atoms with E-state index >= 15 is 0 Å². The summed E-state index contributed by atoms with van der Waals surface area (Å²) in [4.78, 5) is 6.33. The topological polar surface area (TPSA) is 25.4 Å². The van der Waals surface area contributed by atoms with Gasteiger partial charge < -0.3 is 9.64 Å². The van der Waals surface area contributed by atoms with Crippen LogP contribution in [0.25, 0.3) is 0 Å². The number of pyridine rings is 1. The predicted octanol–water partition coefficient (Wildman–Crippen LogP) is 3.45. The van der Waals surface area contributed by atoms with Gasteiger partial charge in [0, 0.05) is 13.1 Å². The van der Waals surface area contributed by atoms with E-state index in [2.05, 4.69) is 34.1 Å². The summed E-state index contributed by atoms with van der Waals surface area (Å²) in [5.41, 5.74) is 1.32. The molecule has 2 aromatic rings. The number of nitrogens with zero attached hydrogens (tertiary/aromatic N) is 2. The van der Waals surface area contributed by atoms with E-state index in [1.54, 1.807) is 6.07 Å². The van der Waals surface area contributed by atoms with E-state index in [9.17, 15) is 4.39 Å². The van der Waals surface area contributed by atoms with Gasteiger partial charge in [-0.05, 0) is 37.0 Å². The molecule has 1 aromatic carbocycles. The molecule has 116 valence electrons. The highest BCUT2D eigenvalue weighted by Gasteiger charge is 2.20. The van der Waals surface area contributed by atoms with Crippen molar-refractivity contribution in [2.24, 2.45) is 0 Å². The molecule has 1 aliphatic heterocycles. The summed E-state index contributed by atoms with van der Waals surface area (Å²) in [5.74, 6) is 0.562. The molecule has 4 heteroatoms. The van der Waals surface area contributed by atoms with Gasteiger partial charge in [0.2, 0.25) is 0 Å². The average molecular weight is 300 g/mol. The molecule has 0 saturated carbocycles. The molecule has 3 rings (SSSR count). The lowest BCUT2D eigenvalue weighted by molar-refractivity contribution is 0.0390. The van der Waals surface area contributed by atoms with Crippen LogP contribution < -0.4 is 4.90 Å². The van der Waals surface area contributed by atoms with Crippen LogP contribution in [0.3, 0.4) is 0 Å². The molecule has 0 amide bonds. The summed E-state index contributed by atoms with van der Waals surface area (Å²) in [6.45, 7) is 2.59. The van der Waals surface area contributed by atoms with Crippen LogP contribution in [0.1, 0.15) is 18.4 Å². The number of ether oxygens (including phenoxy) is 1. The Hall–Kier alpha value is -1.94. The Balaban J connectivity index is 1.41. The second kappa shape index (κ2) is 7.36. The molecule has 0 radical (unpaired) electrons. The Morgan fingerprint density at radius 2 is 1.86 bits per heavy atom. The van der Waals surface area contributed by atoms with Gasteiger partial charge in [-0.3, -0.25) is 0 Å². The molecule has 1 saturated heterocycles. The van der Waals surface area contributed by atoms with Crippen molar-refractivity contribution in [2.45, 2.75) is 25.4 Å². The van der Waals surface area contributed by atoms with Gasteiger partial charge in [-0.2, -0.15) is 0 Å². The Bertz CT molecular complexity index is 565. The van der Waals surface area contributed by atoms with Crippen LogP contribution in [0, 0.1) is 5.82 Å². The summed E-state index contributed by atoms with van der Waals surface area (Å²) in [6, 6.07) is 13.6. The van der Waals surface area contributed by atoms with Crippen LogP contribution in [-0.2, 0) is 11.2 Å². The Kier molecular flexibility index (Phi) is 5.01. The molecule has 1 aromatic heterocycles. The van der Waals surface area contributed by atoms with E-state index in [-0.39, 0.29) is 5.82 Å². The Morgan fingerprint density at radius 3 is 2.55 bits per heavy atom. The smallest absolute Gasteiger partial charge is 0.141 e. The molecular weight excluding hydrogens is 279 g/mol. The monoisotopic (exact) mass is 300 g/mol. The van der Waals surface area contributed by atoms with E-state index in [1.165, 1.54) is 17.8 Å². The second-order valence-electron chi connectivity index (χ2n) is 5.63. The minimum Gasteiger partial charge on any atom is -0.378 e. The van der Waals surface area contributed by atoms with Gasteiger partial charge in [-0.15, -0.1) is 0 Å². The van der Waals surface area contributed by atoms with Gasteiger partial charge >= 0.3 is 0 Å². The highest BCUT2D eigenvalue weighted by atomic mass is 19.1. The molecule has 0 spiro atoms. The van der Waals surface area contributed by atoms with Gasteiger partial charge in [0.05, 0.1) is 18.9 Å². The molecule has 1 aliphatic rings. The Morgan fingerprint density at radius 1 is 1.09 bits per heavy atom. The molecular formula is C18H21FN2O. The normalized spacial score (nSPS) is 16.0. The molecule has 0 unspecified atom stereocenters. The zero-order valence-corrected chi connectivity index (χ0v) is 12.6. The second-order valence-corrected chi connectivity index (χ2v) is 5.63. The van der Waals surface area contributed by atoms with Crippen molar-refractivity contribution >= 4 is 5.82 Å². The molecule has 0 aliphatic carbocycles. The third kappa shape index (κ3) is 4.04. The van der Waals surface area contributed by atoms with Crippen molar-refractivity contribution in [2.75, 3.05) is 24.6 Å². The van der Waals surface area contributed by atoms with E-state index < -0.39 is 0 Å². The highest BCUT2D eigenvalue weighted by molar-refractivity contribution is 5.38. The lowest BCUT2D eigenvalue weighted by Gasteiger charge is -2.32. The zero-order chi connectivity index (χ0) is 15.2. The molecule has 0 bridgehead atoms. The summed E-state index contributed by atoms with van der Waals surface area (Å²) < 4.78 is 18.9. The third-order valence-corrected chi connectivity index (χ3v) is 4.06. The number of aromatic nitrogens is 1. The van der Waals surface area contributed by atoms with Gasteiger partial charge in [-0.25, -0.2) is 9.37 Å². The summed E-state index contributed by atoms with van der Waals surface area (Å²) >= 11 is 0. The van der Waals surface area contributed by atoms with Crippen molar-refractivity contribution < 1.29 is 9.13 Å². The quantitative estimate of drug-likeness (QED) is 0.845. The molecule has 0 atom stereocenters. The zero-order valence-electron chi connectivity index (χ0n) is 12.6. The minimum absolute atomic E-state index is 0.289. The fourth-order valence-corrected chi connectivity index (χ4v) is 2.79. The number of halogens is 1. The van der Waals surface area contributed by atoms with Crippen LogP contribution in [0.15, 0.2) is 48.7 Å². The van der Waals surface area contributed by atoms with Crippen molar-refractivity contribution in [3.8, 4) is 0 Å². The average Bonchev–Trinajstić information content (AvgIpc) is 2.57. The van der Waals surface area contributed by atoms with E-state index in [4.69, 9.17) is 4.74 Å². The maximum absolute atomic E-state index is 12.9. The molecule has 3 nitrogen and oxygen atoms in total. The summed E-state index contributed by atoms with van der Waals surface area (Å²) in [6.07, 6.45) is 4.54. The van der Waals surface area contributed by atoms with Crippen molar-refractivity contribution in [1.82, 2.24) is 4.98 Å². The van der Waals surface area contributed by atoms with E-state index in [0.717, 1.165) is 44.8 Å². The molecule has 0 N–H and O–H groups in total. The lowest BCUT2D eigenvalue weighted by Crippen LogP contribution is -2.37. The first-order valence-corrected chi connectivity index (χ1v) is 7.83. The number of hydrogen-bond donors (Lipinski definition) is 0.